The quantitative estimate of drug-likeness (QED) is 0.645. The molecule has 13 heavy (non-hydrogen) atoms. The van der Waals surface area contributed by atoms with Crippen LogP contribution in [0.15, 0.2) is 22.0 Å². The largest absolute Gasteiger partial charge is 0.192 e. The van der Waals surface area contributed by atoms with Gasteiger partial charge in [0.1, 0.15) is 6.07 Å². The van der Waals surface area contributed by atoms with Gasteiger partial charge in [0.05, 0.1) is 10.3 Å². The maximum Gasteiger partial charge on any atom is 0.102 e. The zero-order valence-corrected chi connectivity index (χ0v) is 10.9. The zero-order valence-electron chi connectivity index (χ0n) is 6.34. The fraction of sp³-hybridized carbons (Fsp3) is 0. The van der Waals surface area contributed by atoms with E-state index < -0.39 is 0 Å². The molecule has 2 aromatic rings. The molecule has 1 aromatic heterocycles. The van der Waals surface area contributed by atoms with Crippen LogP contribution in [-0.4, -0.2) is 0 Å². The average molecular weight is 364 g/mol. The van der Waals surface area contributed by atoms with Crippen molar-refractivity contribution in [2.24, 2.45) is 0 Å². The van der Waals surface area contributed by atoms with Gasteiger partial charge < -0.3 is 0 Å². The van der Waals surface area contributed by atoms with Gasteiger partial charge in [0.15, 0.2) is 0 Å². The van der Waals surface area contributed by atoms with E-state index in [1.807, 2.05) is 12.1 Å². The number of fused-ring (bicyclic) bond motifs is 1. The SMILES string of the molecule is N#Cc1c(Br)ccc2c(I)csc12. The molecule has 0 amide bonds. The maximum absolute atomic E-state index is 8.95. The van der Waals surface area contributed by atoms with Crippen LogP contribution in [0, 0.1) is 14.9 Å². The van der Waals surface area contributed by atoms with Crippen molar-refractivity contribution in [3.63, 3.8) is 0 Å². The number of thiophene rings is 1. The number of nitriles is 1. The number of benzene rings is 1. The number of halogens is 2. The van der Waals surface area contributed by atoms with E-state index in [1.165, 1.54) is 8.96 Å². The molecule has 0 aliphatic rings. The van der Waals surface area contributed by atoms with Gasteiger partial charge in [-0.3, -0.25) is 0 Å². The molecule has 1 nitrogen and oxygen atoms in total. The third kappa shape index (κ3) is 1.49. The van der Waals surface area contributed by atoms with E-state index in [2.05, 4.69) is 50.0 Å². The molecule has 1 aromatic carbocycles. The van der Waals surface area contributed by atoms with Gasteiger partial charge in [-0.05, 0) is 44.6 Å². The molecule has 0 aliphatic carbocycles. The van der Waals surface area contributed by atoms with Gasteiger partial charge in [-0.2, -0.15) is 5.26 Å². The molecule has 1 heterocycles. The third-order valence-electron chi connectivity index (χ3n) is 1.76. The molecule has 2 rings (SSSR count). The summed E-state index contributed by atoms with van der Waals surface area (Å²) in [5, 5.41) is 12.2. The molecule has 0 aliphatic heterocycles. The van der Waals surface area contributed by atoms with Crippen LogP contribution in [0.5, 0.6) is 0 Å². The summed E-state index contributed by atoms with van der Waals surface area (Å²) in [5.41, 5.74) is 0.741. The number of hydrogen-bond acceptors (Lipinski definition) is 2. The fourth-order valence-corrected chi connectivity index (χ4v) is 3.64. The molecule has 4 heteroatoms. The lowest BCUT2D eigenvalue weighted by Crippen LogP contribution is -1.77. The summed E-state index contributed by atoms with van der Waals surface area (Å²) in [5.74, 6) is 0. The van der Waals surface area contributed by atoms with Crippen LogP contribution in [0.3, 0.4) is 0 Å². The van der Waals surface area contributed by atoms with Gasteiger partial charge in [0, 0.05) is 18.8 Å². The van der Waals surface area contributed by atoms with Crippen LogP contribution in [0.2, 0.25) is 0 Å². The first kappa shape index (κ1) is 9.44. The summed E-state index contributed by atoms with van der Waals surface area (Å²) in [6.07, 6.45) is 0. The highest BCUT2D eigenvalue weighted by atomic mass is 127. The van der Waals surface area contributed by atoms with Gasteiger partial charge in [-0.1, -0.05) is 6.07 Å². The summed E-state index contributed by atoms with van der Waals surface area (Å²) in [6.45, 7) is 0. The van der Waals surface area contributed by atoms with Crippen LogP contribution in [0.25, 0.3) is 10.1 Å². The van der Waals surface area contributed by atoms with Crippen molar-refractivity contribution in [2.45, 2.75) is 0 Å². The lowest BCUT2D eigenvalue weighted by atomic mass is 10.2. The first-order valence-corrected chi connectivity index (χ1v) is 6.24. The number of rotatable bonds is 0. The molecule has 0 radical (unpaired) electrons. The molecule has 0 spiro atoms. The average Bonchev–Trinajstić information content (AvgIpc) is 2.48. The number of nitrogens with zero attached hydrogens (tertiary/aromatic N) is 1. The van der Waals surface area contributed by atoms with Crippen LogP contribution in [0.1, 0.15) is 5.56 Å². The summed E-state index contributed by atoms with van der Waals surface area (Å²) in [7, 11) is 0. The van der Waals surface area contributed by atoms with E-state index in [0.29, 0.717) is 0 Å². The molecule has 0 bridgehead atoms. The smallest absolute Gasteiger partial charge is 0.102 e. The normalized spacial score (nSPS) is 10.2. The zero-order chi connectivity index (χ0) is 9.42. The van der Waals surface area contributed by atoms with E-state index in [4.69, 9.17) is 5.26 Å². The van der Waals surface area contributed by atoms with Gasteiger partial charge >= 0.3 is 0 Å². The van der Waals surface area contributed by atoms with Crippen LogP contribution >= 0.6 is 49.9 Å². The van der Waals surface area contributed by atoms with E-state index in [9.17, 15) is 0 Å². The lowest BCUT2D eigenvalue weighted by molar-refractivity contribution is 1.50. The molecule has 0 saturated heterocycles. The number of hydrogen-bond donors (Lipinski definition) is 0. The van der Waals surface area contributed by atoms with E-state index in [-0.39, 0.29) is 0 Å². The van der Waals surface area contributed by atoms with Gasteiger partial charge in [0.2, 0.25) is 0 Å². The Hall–Kier alpha value is -0.120. The minimum atomic E-state index is 0.741. The first-order chi connectivity index (χ1) is 6.24. The molecule has 0 unspecified atom stereocenters. The van der Waals surface area contributed by atoms with Crippen LogP contribution < -0.4 is 0 Å². The molecule has 0 saturated carbocycles. The van der Waals surface area contributed by atoms with Crippen molar-refractivity contribution in [3.05, 3.63) is 31.1 Å². The Morgan fingerprint density at radius 3 is 2.92 bits per heavy atom. The highest BCUT2D eigenvalue weighted by Crippen LogP contribution is 2.33. The van der Waals surface area contributed by atoms with Crippen molar-refractivity contribution >= 4 is 59.9 Å². The second-order valence-corrected chi connectivity index (χ2v) is 5.39. The Morgan fingerprint density at radius 1 is 1.46 bits per heavy atom. The lowest BCUT2D eigenvalue weighted by Gasteiger charge is -1.96. The van der Waals surface area contributed by atoms with E-state index in [1.54, 1.807) is 11.3 Å². The van der Waals surface area contributed by atoms with Gasteiger partial charge in [-0.25, -0.2) is 0 Å². The minimum Gasteiger partial charge on any atom is -0.192 e. The topological polar surface area (TPSA) is 23.8 Å². The molecule has 64 valence electrons. The minimum absolute atomic E-state index is 0.741. The third-order valence-corrected chi connectivity index (χ3v) is 4.75. The summed E-state index contributed by atoms with van der Waals surface area (Å²) in [4.78, 5) is 0. The molecule has 0 fully saturated rings. The second kappa shape index (κ2) is 3.56. The van der Waals surface area contributed by atoms with Crippen molar-refractivity contribution in [1.29, 1.82) is 5.26 Å². The monoisotopic (exact) mass is 363 g/mol. The summed E-state index contributed by atoms with van der Waals surface area (Å²) < 4.78 is 3.16. The van der Waals surface area contributed by atoms with E-state index >= 15 is 0 Å². The predicted octanol–water partition coefficient (Wildman–Crippen LogP) is 4.14. The highest BCUT2D eigenvalue weighted by molar-refractivity contribution is 14.1. The standard InChI is InChI=1S/C9H3BrINS/c10-7-2-1-5-8(11)4-13-9(5)6(7)3-12/h1-2,4H. The summed E-state index contributed by atoms with van der Waals surface area (Å²) in [6, 6.07) is 6.18. The van der Waals surface area contributed by atoms with Crippen molar-refractivity contribution in [1.82, 2.24) is 0 Å². The maximum atomic E-state index is 8.95. The first-order valence-electron chi connectivity index (χ1n) is 3.49. The Bertz CT molecular complexity index is 512. The van der Waals surface area contributed by atoms with Gasteiger partial charge in [0.25, 0.3) is 0 Å². The van der Waals surface area contributed by atoms with Gasteiger partial charge in [-0.15, -0.1) is 11.3 Å². The molecular weight excluding hydrogens is 361 g/mol. The van der Waals surface area contributed by atoms with Crippen molar-refractivity contribution in [2.75, 3.05) is 0 Å². The van der Waals surface area contributed by atoms with Crippen LogP contribution in [0.4, 0.5) is 0 Å². The summed E-state index contributed by atoms with van der Waals surface area (Å²) >= 11 is 7.27. The fourth-order valence-electron chi connectivity index (χ4n) is 1.15. The molecule has 0 atom stereocenters. The van der Waals surface area contributed by atoms with Crippen LogP contribution in [-0.2, 0) is 0 Å². The Kier molecular flexibility index (Phi) is 2.58. The second-order valence-electron chi connectivity index (χ2n) is 2.49. The Morgan fingerprint density at radius 2 is 2.23 bits per heavy atom. The van der Waals surface area contributed by atoms with Crippen molar-refractivity contribution < 1.29 is 0 Å². The highest BCUT2D eigenvalue weighted by Gasteiger charge is 2.08. The molecular formula is C9H3BrINS. The predicted molar refractivity (Wildman–Crippen MR) is 67.0 cm³/mol. The van der Waals surface area contributed by atoms with E-state index in [0.717, 1.165) is 14.7 Å². The Labute approximate surface area is 102 Å². The Balaban J connectivity index is 2.95. The molecule has 0 N–H and O–H groups in total. The van der Waals surface area contributed by atoms with Crippen molar-refractivity contribution in [3.8, 4) is 6.07 Å².